The Morgan fingerprint density at radius 3 is 2.64 bits per heavy atom. The second kappa shape index (κ2) is 7.80. The second-order valence-corrected chi connectivity index (χ2v) is 7.80. The summed E-state index contributed by atoms with van der Waals surface area (Å²) in [7, 11) is 4.05. The first-order chi connectivity index (χ1) is 11.9. The van der Waals surface area contributed by atoms with Crippen molar-refractivity contribution in [1.82, 2.24) is 10.2 Å². The van der Waals surface area contributed by atoms with Crippen molar-refractivity contribution in [3.8, 4) is 0 Å². The molecule has 1 N–H and O–H groups in total. The third kappa shape index (κ3) is 4.47. The molecule has 138 valence electrons. The number of hydrogen-bond donors (Lipinski definition) is 1. The van der Waals surface area contributed by atoms with Gasteiger partial charge in [0.25, 0.3) is 0 Å². The lowest BCUT2D eigenvalue weighted by molar-refractivity contribution is -0.191. The topological polar surface area (TPSA) is 50.8 Å². The molecule has 5 nitrogen and oxygen atoms in total. The number of nitrogens with one attached hydrogen (secondary N) is 1. The van der Waals surface area contributed by atoms with Gasteiger partial charge < -0.3 is 19.7 Å². The van der Waals surface area contributed by atoms with Crippen LogP contribution in [-0.4, -0.2) is 56.0 Å². The average Bonchev–Trinajstić information content (AvgIpc) is 3.01. The van der Waals surface area contributed by atoms with Crippen molar-refractivity contribution in [2.24, 2.45) is 0 Å². The molecule has 7 heteroatoms. The number of halogens is 2. The van der Waals surface area contributed by atoms with Gasteiger partial charge in [-0.3, -0.25) is 4.79 Å². The molecule has 1 aliphatic heterocycles. The van der Waals surface area contributed by atoms with Crippen LogP contribution in [0.15, 0.2) is 18.2 Å². The summed E-state index contributed by atoms with van der Waals surface area (Å²) in [6, 6.07) is 5.53. The van der Waals surface area contributed by atoms with E-state index in [2.05, 4.69) is 10.2 Å². The minimum Gasteiger partial charge on any atom is -0.352 e. The average molecular weight is 387 g/mol. The Hall–Kier alpha value is -0.850. The molecule has 1 heterocycles. The van der Waals surface area contributed by atoms with Crippen LogP contribution in [-0.2, 0) is 20.7 Å². The third-order valence-electron chi connectivity index (χ3n) is 4.99. The number of rotatable bonds is 4. The Bertz CT molecular complexity index is 633. The zero-order valence-corrected chi connectivity index (χ0v) is 16.1. The van der Waals surface area contributed by atoms with E-state index in [1.54, 1.807) is 12.1 Å². The fraction of sp³-hybridized carbons (Fsp3) is 0.611. The molecule has 1 spiro atoms. The number of hydrogen-bond acceptors (Lipinski definition) is 4. The Labute approximate surface area is 158 Å². The molecule has 0 unspecified atom stereocenters. The van der Waals surface area contributed by atoms with Crippen LogP contribution in [0.25, 0.3) is 0 Å². The van der Waals surface area contributed by atoms with Gasteiger partial charge in [0.1, 0.15) is 0 Å². The number of benzene rings is 1. The maximum absolute atomic E-state index is 12.5. The molecule has 1 aliphatic carbocycles. The standard InChI is InChI=1S/C18H24Cl2N2O3/c1-22(2)16-11-18(24-7-8-25-18)6-5-15(16)21-17(23)10-12-3-4-13(19)14(20)9-12/h3-4,9,15-16H,5-8,10-11H2,1-2H3,(H,21,23)/t15-,16-/m1/s1. The molecule has 1 aromatic carbocycles. The van der Waals surface area contributed by atoms with Crippen molar-refractivity contribution in [3.63, 3.8) is 0 Å². The maximum Gasteiger partial charge on any atom is 0.224 e. The maximum atomic E-state index is 12.5. The molecule has 2 fully saturated rings. The van der Waals surface area contributed by atoms with Crippen LogP contribution in [0.5, 0.6) is 0 Å². The highest BCUT2D eigenvalue weighted by Gasteiger charge is 2.46. The Morgan fingerprint density at radius 1 is 1.28 bits per heavy atom. The van der Waals surface area contributed by atoms with Gasteiger partial charge in [-0.05, 0) is 38.2 Å². The Morgan fingerprint density at radius 2 is 2.00 bits per heavy atom. The van der Waals surface area contributed by atoms with Crippen molar-refractivity contribution in [2.45, 2.75) is 43.6 Å². The summed E-state index contributed by atoms with van der Waals surface area (Å²) in [4.78, 5) is 14.6. The molecular formula is C18H24Cl2N2O3. The lowest BCUT2D eigenvalue weighted by Crippen LogP contribution is -2.57. The Kier molecular flexibility index (Phi) is 5.91. The van der Waals surface area contributed by atoms with Gasteiger partial charge in [-0.15, -0.1) is 0 Å². The van der Waals surface area contributed by atoms with E-state index in [1.807, 2.05) is 20.2 Å². The summed E-state index contributed by atoms with van der Waals surface area (Å²) in [5.41, 5.74) is 0.850. The number of likely N-dealkylation sites (N-methyl/N-ethyl adjacent to an activating group) is 1. The summed E-state index contributed by atoms with van der Waals surface area (Å²) in [5, 5.41) is 4.13. The first-order valence-electron chi connectivity index (χ1n) is 8.56. The lowest BCUT2D eigenvalue weighted by atomic mass is 9.84. The van der Waals surface area contributed by atoms with Gasteiger partial charge >= 0.3 is 0 Å². The lowest BCUT2D eigenvalue weighted by Gasteiger charge is -2.44. The largest absolute Gasteiger partial charge is 0.352 e. The fourth-order valence-corrected chi connectivity index (χ4v) is 4.01. The van der Waals surface area contributed by atoms with Crippen molar-refractivity contribution < 1.29 is 14.3 Å². The number of amides is 1. The zero-order chi connectivity index (χ0) is 18.0. The number of carbonyl (C=O) groups is 1. The van der Waals surface area contributed by atoms with Crippen LogP contribution >= 0.6 is 23.2 Å². The van der Waals surface area contributed by atoms with Crippen LogP contribution in [0.4, 0.5) is 0 Å². The molecule has 0 aromatic heterocycles. The van der Waals surface area contributed by atoms with Crippen LogP contribution < -0.4 is 5.32 Å². The van der Waals surface area contributed by atoms with E-state index in [0.717, 1.165) is 24.8 Å². The highest BCUT2D eigenvalue weighted by molar-refractivity contribution is 6.42. The number of nitrogens with zero attached hydrogens (tertiary/aromatic N) is 1. The molecule has 2 aliphatic rings. The molecule has 1 saturated carbocycles. The van der Waals surface area contributed by atoms with Crippen molar-refractivity contribution in [3.05, 3.63) is 33.8 Å². The highest BCUT2D eigenvalue weighted by Crippen LogP contribution is 2.37. The van der Waals surface area contributed by atoms with Crippen molar-refractivity contribution in [1.29, 1.82) is 0 Å². The molecule has 1 aromatic rings. The van der Waals surface area contributed by atoms with E-state index < -0.39 is 5.79 Å². The fourth-order valence-electron chi connectivity index (χ4n) is 3.69. The van der Waals surface area contributed by atoms with Gasteiger partial charge in [-0.25, -0.2) is 0 Å². The zero-order valence-electron chi connectivity index (χ0n) is 14.6. The Balaban J connectivity index is 1.62. The van der Waals surface area contributed by atoms with Crippen LogP contribution in [0, 0.1) is 0 Å². The first-order valence-corrected chi connectivity index (χ1v) is 9.32. The van der Waals surface area contributed by atoms with Crippen LogP contribution in [0.2, 0.25) is 10.0 Å². The SMILES string of the molecule is CN(C)[C@@H]1CC2(CC[C@H]1NC(=O)Cc1ccc(Cl)c(Cl)c1)OCCO2. The molecule has 3 rings (SSSR count). The quantitative estimate of drug-likeness (QED) is 0.863. The van der Waals surface area contributed by atoms with Crippen molar-refractivity contribution >= 4 is 29.1 Å². The van der Waals surface area contributed by atoms with E-state index in [-0.39, 0.29) is 24.4 Å². The number of carbonyl (C=O) groups excluding carboxylic acids is 1. The predicted molar refractivity (Wildman–Crippen MR) is 98.1 cm³/mol. The van der Waals surface area contributed by atoms with E-state index in [9.17, 15) is 4.79 Å². The third-order valence-corrected chi connectivity index (χ3v) is 5.73. The summed E-state index contributed by atoms with van der Waals surface area (Å²) in [5.74, 6) is -0.487. The molecule has 0 radical (unpaired) electrons. The second-order valence-electron chi connectivity index (χ2n) is 6.98. The van der Waals surface area contributed by atoms with E-state index in [0.29, 0.717) is 23.3 Å². The van der Waals surface area contributed by atoms with Gasteiger partial charge in [0.15, 0.2) is 5.79 Å². The van der Waals surface area contributed by atoms with Crippen LogP contribution in [0.1, 0.15) is 24.8 Å². The minimum absolute atomic E-state index is 0.0144. The molecule has 0 bridgehead atoms. The summed E-state index contributed by atoms with van der Waals surface area (Å²) < 4.78 is 11.7. The normalized spacial score (nSPS) is 25.5. The van der Waals surface area contributed by atoms with Gasteiger partial charge in [-0.2, -0.15) is 0 Å². The summed E-state index contributed by atoms with van der Waals surface area (Å²) in [6.07, 6.45) is 2.68. The van der Waals surface area contributed by atoms with E-state index in [1.165, 1.54) is 0 Å². The predicted octanol–water partition coefficient (Wildman–Crippen LogP) is 2.88. The van der Waals surface area contributed by atoms with E-state index >= 15 is 0 Å². The van der Waals surface area contributed by atoms with Gasteiger partial charge in [0, 0.05) is 24.9 Å². The van der Waals surface area contributed by atoms with Crippen LogP contribution in [0.3, 0.4) is 0 Å². The molecule has 2 atom stereocenters. The summed E-state index contributed by atoms with van der Waals surface area (Å²) in [6.45, 7) is 1.29. The molecule has 1 saturated heterocycles. The van der Waals surface area contributed by atoms with Gasteiger partial charge in [0.05, 0.1) is 29.7 Å². The monoisotopic (exact) mass is 386 g/mol. The van der Waals surface area contributed by atoms with Crippen molar-refractivity contribution in [2.75, 3.05) is 27.3 Å². The molecule has 25 heavy (non-hydrogen) atoms. The van der Waals surface area contributed by atoms with Gasteiger partial charge in [-0.1, -0.05) is 29.3 Å². The minimum atomic E-state index is -0.472. The molecule has 1 amide bonds. The first kappa shape index (κ1) is 18.9. The summed E-state index contributed by atoms with van der Waals surface area (Å²) >= 11 is 11.9. The molecular weight excluding hydrogens is 363 g/mol. The van der Waals surface area contributed by atoms with E-state index in [4.69, 9.17) is 32.7 Å². The van der Waals surface area contributed by atoms with Gasteiger partial charge in [0.2, 0.25) is 5.91 Å². The smallest absolute Gasteiger partial charge is 0.224 e. The highest BCUT2D eigenvalue weighted by atomic mass is 35.5. The number of ether oxygens (including phenoxy) is 2.